The summed E-state index contributed by atoms with van der Waals surface area (Å²) in [5.74, 6) is -0.216. The van der Waals surface area contributed by atoms with Gasteiger partial charge in [0.15, 0.2) is 0 Å². The summed E-state index contributed by atoms with van der Waals surface area (Å²) in [6.07, 6.45) is 0.889. The summed E-state index contributed by atoms with van der Waals surface area (Å²) in [7, 11) is -3.71. The van der Waals surface area contributed by atoms with Crippen molar-refractivity contribution in [2.24, 2.45) is 11.8 Å². The van der Waals surface area contributed by atoms with E-state index in [1.54, 1.807) is 12.1 Å². The van der Waals surface area contributed by atoms with E-state index in [9.17, 15) is 13.2 Å². The Morgan fingerprint density at radius 2 is 1.73 bits per heavy atom. The van der Waals surface area contributed by atoms with Crippen molar-refractivity contribution >= 4 is 27.5 Å². The molecule has 1 aliphatic rings. The molecule has 2 atom stereocenters. The molecule has 1 heterocycles. The minimum Gasteiger partial charge on any atom is -0.356 e. The van der Waals surface area contributed by atoms with Crippen LogP contribution in [-0.4, -0.2) is 38.3 Å². The number of nitrogens with one attached hydrogen (secondary N) is 1. The molecule has 1 aliphatic heterocycles. The second kappa shape index (κ2) is 9.50. The molecule has 0 saturated carbocycles. The van der Waals surface area contributed by atoms with Gasteiger partial charge < -0.3 is 5.32 Å². The maximum atomic E-state index is 13.2. The number of hydrogen-bond acceptors (Lipinski definition) is 3. The van der Waals surface area contributed by atoms with Gasteiger partial charge in [-0.2, -0.15) is 4.31 Å². The number of amides is 1. The predicted molar refractivity (Wildman–Crippen MR) is 120 cm³/mol. The van der Waals surface area contributed by atoms with Crippen LogP contribution in [0.1, 0.15) is 37.3 Å². The summed E-state index contributed by atoms with van der Waals surface area (Å²) in [6, 6.07) is 14.1. The number of sulfonamides is 1. The highest BCUT2D eigenvalue weighted by molar-refractivity contribution is 7.89. The fourth-order valence-corrected chi connectivity index (χ4v) is 5.37. The molecular formula is C23H29ClN2O3S. The second-order valence-electron chi connectivity index (χ2n) is 8.37. The number of nitrogens with zero attached hydrogens (tertiary/aromatic N) is 1. The van der Waals surface area contributed by atoms with Crippen LogP contribution in [0.3, 0.4) is 0 Å². The standard InChI is InChI=1S/C23H29ClN2O3S/c1-16(2)12-13-25-23(27)22-15-26(14-21(22)18-6-4-17(3)5-7-18)30(28,29)20-10-8-19(24)9-11-20/h4-11,16,21-22H,12-15H2,1-3H3,(H,25,27). The van der Waals surface area contributed by atoms with E-state index >= 15 is 0 Å². The molecule has 162 valence electrons. The van der Waals surface area contributed by atoms with Crippen LogP contribution >= 0.6 is 11.6 Å². The minimum atomic E-state index is -3.71. The Hall–Kier alpha value is -1.89. The van der Waals surface area contributed by atoms with Crippen molar-refractivity contribution in [3.8, 4) is 0 Å². The first kappa shape index (κ1) is 22.8. The average molecular weight is 449 g/mol. The Bertz CT molecular complexity index is 973. The summed E-state index contributed by atoms with van der Waals surface area (Å²) in [5, 5.41) is 3.49. The minimum absolute atomic E-state index is 0.0879. The summed E-state index contributed by atoms with van der Waals surface area (Å²) in [6.45, 7) is 7.26. The van der Waals surface area contributed by atoms with Gasteiger partial charge >= 0.3 is 0 Å². The lowest BCUT2D eigenvalue weighted by Crippen LogP contribution is -2.36. The van der Waals surface area contributed by atoms with Gasteiger partial charge in [0.2, 0.25) is 15.9 Å². The van der Waals surface area contributed by atoms with E-state index in [4.69, 9.17) is 11.6 Å². The van der Waals surface area contributed by atoms with Crippen molar-refractivity contribution in [2.75, 3.05) is 19.6 Å². The van der Waals surface area contributed by atoms with Gasteiger partial charge in [-0.3, -0.25) is 4.79 Å². The molecule has 0 bridgehead atoms. The molecule has 5 nitrogen and oxygen atoms in total. The van der Waals surface area contributed by atoms with Crippen molar-refractivity contribution in [1.82, 2.24) is 9.62 Å². The largest absolute Gasteiger partial charge is 0.356 e. The Labute approximate surface area is 184 Å². The molecule has 0 spiro atoms. The van der Waals surface area contributed by atoms with Crippen LogP contribution in [0.25, 0.3) is 0 Å². The third kappa shape index (κ3) is 5.23. The van der Waals surface area contributed by atoms with Crippen molar-refractivity contribution in [3.63, 3.8) is 0 Å². The topological polar surface area (TPSA) is 66.5 Å². The van der Waals surface area contributed by atoms with Gasteiger partial charge in [0.25, 0.3) is 0 Å². The summed E-state index contributed by atoms with van der Waals surface area (Å²) < 4.78 is 27.8. The Morgan fingerprint density at radius 3 is 2.33 bits per heavy atom. The number of benzene rings is 2. The molecule has 1 N–H and O–H groups in total. The Balaban J connectivity index is 1.86. The lowest BCUT2D eigenvalue weighted by Gasteiger charge is -2.19. The van der Waals surface area contributed by atoms with Gasteiger partial charge in [-0.15, -0.1) is 0 Å². The summed E-state index contributed by atoms with van der Waals surface area (Å²) in [5.41, 5.74) is 2.11. The van der Waals surface area contributed by atoms with Crippen molar-refractivity contribution in [2.45, 2.75) is 38.0 Å². The molecule has 1 fully saturated rings. The van der Waals surface area contributed by atoms with Crippen LogP contribution in [-0.2, 0) is 14.8 Å². The van der Waals surface area contributed by atoms with Crippen molar-refractivity contribution < 1.29 is 13.2 Å². The number of carbonyl (C=O) groups excluding carboxylic acids is 1. The first-order valence-corrected chi connectivity index (χ1v) is 12.1. The molecule has 0 radical (unpaired) electrons. The zero-order valence-corrected chi connectivity index (χ0v) is 19.2. The number of hydrogen-bond donors (Lipinski definition) is 1. The molecule has 2 aromatic rings. The average Bonchev–Trinajstić information content (AvgIpc) is 3.15. The predicted octanol–water partition coefficient (Wildman–Crippen LogP) is 4.22. The third-order valence-electron chi connectivity index (χ3n) is 5.60. The summed E-state index contributed by atoms with van der Waals surface area (Å²) in [4.78, 5) is 13.2. The third-order valence-corrected chi connectivity index (χ3v) is 7.70. The molecule has 2 aromatic carbocycles. The molecule has 2 unspecified atom stereocenters. The van der Waals surface area contributed by atoms with E-state index in [0.717, 1.165) is 17.5 Å². The molecule has 0 aromatic heterocycles. The van der Waals surface area contributed by atoms with Crippen LogP contribution < -0.4 is 5.32 Å². The first-order valence-electron chi connectivity index (χ1n) is 10.3. The molecular weight excluding hydrogens is 420 g/mol. The van der Waals surface area contributed by atoms with E-state index in [0.29, 0.717) is 17.5 Å². The van der Waals surface area contributed by atoms with Crippen LogP contribution in [0.2, 0.25) is 5.02 Å². The van der Waals surface area contributed by atoms with Gasteiger partial charge in [0.05, 0.1) is 10.8 Å². The first-order chi connectivity index (χ1) is 14.2. The van der Waals surface area contributed by atoms with Crippen LogP contribution in [0.15, 0.2) is 53.4 Å². The van der Waals surface area contributed by atoms with Gasteiger partial charge in [-0.25, -0.2) is 8.42 Å². The SMILES string of the molecule is Cc1ccc(C2CN(S(=O)(=O)c3ccc(Cl)cc3)CC2C(=O)NCCC(C)C)cc1. The maximum absolute atomic E-state index is 13.2. The molecule has 1 saturated heterocycles. The Kier molecular flexibility index (Phi) is 7.22. The number of carbonyl (C=O) groups is 1. The zero-order valence-electron chi connectivity index (χ0n) is 17.6. The van der Waals surface area contributed by atoms with E-state index in [1.807, 2.05) is 31.2 Å². The van der Waals surface area contributed by atoms with Crippen LogP contribution in [0.4, 0.5) is 0 Å². The van der Waals surface area contributed by atoms with Gasteiger partial charge in [-0.05, 0) is 49.1 Å². The fraction of sp³-hybridized carbons (Fsp3) is 0.435. The summed E-state index contributed by atoms with van der Waals surface area (Å²) >= 11 is 5.91. The van der Waals surface area contributed by atoms with Crippen molar-refractivity contribution in [1.29, 1.82) is 0 Å². The highest BCUT2D eigenvalue weighted by Crippen LogP contribution is 2.36. The van der Waals surface area contributed by atoms with Gasteiger partial charge in [0, 0.05) is 30.6 Å². The monoisotopic (exact) mass is 448 g/mol. The quantitative estimate of drug-likeness (QED) is 0.689. The molecule has 0 aliphatic carbocycles. The second-order valence-corrected chi connectivity index (χ2v) is 10.7. The normalized spacial score (nSPS) is 19.9. The van der Waals surface area contributed by atoms with Crippen LogP contribution in [0, 0.1) is 18.8 Å². The van der Waals surface area contributed by atoms with Gasteiger partial charge in [0.1, 0.15) is 0 Å². The molecule has 7 heteroatoms. The number of aryl methyl sites for hydroxylation is 1. The zero-order chi connectivity index (χ0) is 21.9. The smallest absolute Gasteiger partial charge is 0.243 e. The van der Waals surface area contributed by atoms with E-state index in [1.165, 1.54) is 16.4 Å². The van der Waals surface area contributed by atoms with E-state index in [2.05, 4.69) is 19.2 Å². The van der Waals surface area contributed by atoms with E-state index in [-0.39, 0.29) is 29.8 Å². The highest BCUT2D eigenvalue weighted by Gasteiger charge is 2.43. The lowest BCUT2D eigenvalue weighted by molar-refractivity contribution is -0.124. The highest BCUT2D eigenvalue weighted by atomic mass is 35.5. The molecule has 1 amide bonds. The molecule has 30 heavy (non-hydrogen) atoms. The maximum Gasteiger partial charge on any atom is 0.243 e. The van der Waals surface area contributed by atoms with Crippen molar-refractivity contribution in [3.05, 3.63) is 64.7 Å². The van der Waals surface area contributed by atoms with Gasteiger partial charge in [-0.1, -0.05) is 55.3 Å². The number of halogens is 1. The number of rotatable bonds is 7. The lowest BCUT2D eigenvalue weighted by atomic mass is 9.88. The molecule has 3 rings (SSSR count). The van der Waals surface area contributed by atoms with Crippen LogP contribution in [0.5, 0.6) is 0 Å². The Morgan fingerprint density at radius 1 is 1.10 bits per heavy atom. The fourth-order valence-electron chi connectivity index (χ4n) is 3.75. The van der Waals surface area contributed by atoms with E-state index < -0.39 is 15.9 Å².